The predicted octanol–water partition coefficient (Wildman–Crippen LogP) is 0.139. The second-order valence-corrected chi connectivity index (χ2v) is 4.55. The number of aromatic nitrogens is 2. The van der Waals surface area contributed by atoms with Crippen molar-refractivity contribution in [2.75, 3.05) is 24.1 Å². The number of nitrogen functional groups attached to an aromatic ring is 1. The van der Waals surface area contributed by atoms with Crippen LogP contribution in [0.2, 0.25) is 0 Å². The molecule has 0 radical (unpaired) electrons. The minimum Gasteiger partial charge on any atom is -0.391 e. The van der Waals surface area contributed by atoms with Gasteiger partial charge in [0.2, 0.25) is 0 Å². The number of nitrogens with one attached hydrogen (secondary N) is 2. The number of hydrogen-bond acceptors (Lipinski definition) is 5. The van der Waals surface area contributed by atoms with Gasteiger partial charge in [-0.3, -0.25) is 4.79 Å². The average molecular weight is 225 g/mol. The van der Waals surface area contributed by atoms with E-state index in [-0.39, 0.29) is 16.7 Å². The summed E-state index contributed by atoms with van der Waals surface area (Å²) in [6.07, 6.45) is 2.22. The summed E-state index contributed by atoms with van der Waals surface area (Å²) in [7, 11) is 0. The summed E-state index contributed by atoms with van der Waals surface area (Å²) in [4.78, 5) is 17.6. The van der Waals surface area contributed by atoms with Crippen LogP contribution in [-0.4, -0.2) is 23.1 Å². The summed E-state index contributed by atoms with van der Waals surface area (Å²) in [6, 6.07) is 0. The van der Waals surface area contributed by atoms with Crippen molar-refractivity contribution in [3.05, 3.63) is 16.7 Å². The Kier molecular flexibility index (Phi) is 3.89. The van der Waals surface area contributed by atoms with Crippen LogP contribution in [0.5, 0.6) is 0 Å². The molecule has 1 rings (SSSR count). The van der Waals surface area contributed by atoms with Crippen molar-refractivity contribution in [3.63, 3.8) is 0 Å². The van der Waals surface area contributed by atoms with Gasteiger partial charge in [0, 0.05) is 6.54 Å². The topological polar surface area (TPSA) is 110 Å². The predicted molar refractivity (Wildman–Crippen MR) is 65.2 cm³/mol. The van der Waals surface area contributed by atoms with E-state index < -0.39 is 0 Å². The molecule has 1 aromatic heterocycles. The van der Waals surface area contributed by atoms with E-state index in [9.17, 15) is 4.79 Å². The van der Waals surface area contributed by atoms with Crippen molar-refractivity contribution in [1.82, 2.24) is 9.97 Å². The fraction of sp³-hybridized carbons (Fsp3) is 0.600. The van der Waals surface area contributed by atoms with Gasteiger partial charge in [0.05, 0.1) is 6.33 Å². The van der Waals surface area contributed by atoms with Crippen LogP contribution in [0.15, 0.2) is 11.1 Å². The third kappa shape index (κ3) is 3.23. The first-order chi connectivity index (χ1) is 7.46. The molecule has 0 bridgehead atoms. The first-order valence-corrected chi connectivity index (χ1v) is 5.23. The van der Waals surface area contributed by atoms with Crippen LogP contribution < -0.4 is 22.3 Å². The summed E-state index contributed by atoms with van der Waals surface area (Å²) >= 11 is 0. The average Bonchev–Trinajstić information content (AvgIpc) is 2.20. The van der Waals surface area contributed by atoms with E-state index in [1.54, 1.807) is 0 Å². The fourth-order valence-corrected chi connectivity index (χ4v) is 1.35. The first-order valence-electron chi connectivity index (χ1n) is 5.23. The van der Waals surface area contributed by atoms with Crippen LogP contribution in [-0.2, 0) is 0 Å². The molecule has 90 valence electrons. The van der Waals surface area contributed by atoms with Crippen LogP contribution in [0.25, 0.3) is 0 Å². The Morgan fingerprint density at radius 3 is 2.88 bits per heavy atom. The van der Waals surface area contributed by atoms with Crippen LogP contribution in [0.1, 0.15) is 20.3 Å². The normalized spacial score (nSPS) is 11.4. The number of H-pyrrole nitrogens is 1. The van der Waals surface area contributed by atoms with Gasteiger partial charge in [0.25, 0.3) is 5.56 Å². The molecule has 0 atom stereocenters. The number of nitrogens with two attached hydrogens (primary N) is 2. The highest BCUT2D eigenvalue weighted by atomic mass is 16.1. The maximum Gasteiger partial charge on any atom is 0.276 e. The highest BCUT2D eigenvalue weighted by molar-refractivity contribution is 5.58. The Labute approximate surface area is 94.5 Å². The minimum absolute atomic E-state index is 0.0471. The fourth-order valence-electron chi connectivity index (χ4n) is 1.35. The van der Waals surface area contributed by atoms with Gasteiger partial charge in [-0.25, -0.2) is 4.98 Å². The van der Waals surface area contributed by atoms with Crippen molar-refractivity contribution in [3.8, 4) is 0 Å². The molecule has 0 saturated carbocycles. The second-order valence-electron chi connectivity index (χ2n) is 4.55. The van der Waals surface area contributed by atoms with Crippen molar-refractivity contribution < 1.29 is 0 Å². The summed E-state index contributed by atoms with van der Waals surface area (Å²) in [5.41, 5.74) is 10.9. The van der Waals surface area contributed by atoms with Crippen LogP contribution in [0.4, 0.5) is 11.5 Å². The summed E-state index contributed by atoms with van der Waals surface area (Å²) in [5.74, 6) is 0.425. The maximum absolute atomic E-state index is 11.2. The SMILES string of the molecule is CC(C)(CCN)CNc1nc[nH]c(=O)c1N. The highest BCUT2D eigenvalue weighted by Gasteiger charge is 2.17. The molecule has 0 saturated heterocycles. The maximum atomic E-state index is 11.2. The zero-order valence-corrected chi connectivity index (χ0v) is 9.71. The lowest BCUT2D eigenvalue weighted by atomic mass is 9.89. The Hall–Kier alpha value is -1.56. The van der Waals surface area contributed by atoms with Gasteiger partial charge in [-0.2, -0.15) is 0 Å². The van der Waals surface area contributed by atoms with E-state index in [1.807, 2.05) is 0 Å². The molecule has 6 heteroatoms. The standard InChI is InChI=1S/C10H19N5O/c1-10(2,3-4-11)5-13-8-7(12)9(16)15-6-14-8/h6H,3-5,11-12H2,1-2H3,(H2,13,14,15,16). The second kappa shape index (κ2) is 4.98. The van der Waals surface area contributed by atoms with E-state index >= 15 is 0 Å². The van der Waals surface area contributed by atoms with Crippen molar-refractivity contribution >= 4 is 11.5 Å². The molecule has 0 amide bonds. The number of nitrogens with zero attached hydrogens (tertiary/aromatic N) is 1. The molecule has 1 aromatic rings. The van der Waals surface area contributed by atoms with E-state index in [2.05, 4.69) is 29.1 Å². The molecule has 0 unspecified atom stereocenters. The Morgan fingerprint density at radius 2 is 2.25 bits per heavy atom. The highest BCUT2D eigenvalue weighted by Crippen LogP contribution is 2.20. The smallest absolute Gasteiger partial charge is 0.276 e. The van der Waals surface area contributed by atoms with Gasteiger partial charge in [0.15, 0.2) is 5.82 Å². The quantitative estimate of drug-likeness (QED) is 0.569. The zero-order chi connectivity index (χ0) is 12.2. The first kappa shape index (κ1) is 12.5. The number of rotatable bonds is 5. The Bertz CT molecular complexity index is 398. The van der Waals surface area contributed by atoms with E-state index in [0.29, 0.717) is 18.9 Å². The molecule has 0 aromatic carbocycles. The lowest BCUT2D eigenvalue weighted by Crippen LogP contribution is -2.27. The number of hydrogen-bond donors (Lipinski definition) is 4. The van der Waals surface area contributed by atoms with Gasteiger partial charge < -0.3 is 21.8 Å². The Balaban J connectivity index is 2.68. The molecule has 0 spiro atoms. The number of anilines is 2. The van der Waals surface area contributed by atoms with Gasteiger partial charge in [0.1, 0.15) is 5.69 Å². The van der Waals surface area contributed by atoms with Crippen LogP contribution in [0.3, 0.4) is 0 Å². The van der Waals surface area contributed by atoms with Gasteiger partial charge in [-0.15, -0.1) is 0 Å². The van der Waals surface area contributed by atoms with Crippen molar-refractivity contribution in [1.29, 1.82) is 0 Å². The monoisotopic (exact) mass is 225 g/mol. The lowest BCUT2D eigenvalue weighted by molar-refractivity contribution is 0.365. The van der Waals surface area contributed by atoms with Gasteiger partial charge in [-0.05, 0) is 18.4 Å². The Morgan fingerprint density at radius 1 is 1.56 bits per heavy atom. The third-order valence-electron chi connectivity index (χ3n) is 2.44. The van der Waals surface area contributed by atoms with Crippen LogP contribution in [0, 0.1) is 5.41 Å². The molecule has 6 nitrogen and oxygen atoms in total. The molecule has 0 aliphatic heterocycles. The summed E-state index contributed by atoms with van der Waals surface area (Å²) < 4.78 is 0. The van der Waals surface area contributed by atoms with E-state index in [0.717, 1.165) is 6.42 Å². The minimum atomic E-state index is -0.325. The summed E-state index contributed by atoms with van der Waals surface area (Å²) in [5, 5.41) is 3.07. The van der Waals surface area contributed by atoms with Gasteiger partial charge >= 0.3 is 0 Å². The molecule has 0 aliphatic carbocycles. The third-order valence-corrected chi connectivity index (χ3v) is 2.44. The molecule has 0 aliphatic rings. The zero-order valence-electron chi connectivity index (χ0n) is 9.71. The largest absolute Gasteiger partial charge is 0.391 e. The molecule has 16 heavy (non-hydrogen) atoms. The summed E-state index contributed by atoms with van der Waals surface area (Å²) in [6.45, 7) is 5.49. The molecular weight excluding hydrogens is 206 g/mol. The van der Waals surface area contributed by atoms with Crippen molar-refractivity contribution in [2.24, 2.45) is 11.1 Å². The van der Waals surface area contributed by atoms with Crippen molar-refractivity contribution in [2.45, 2.75) is 20.3 Å². The molecule has 0 fully saturated rings. The lowest BCUT2D eigenvalue weighted by Gasteiger charge is -2.24. The molecular formula is C10H19N5O. The number of aromatic amines is 1. The van der Waals surface area contributed by atoms with Crippen LogP contribution >= 0.6 is 0 Å². The van der Waals surface area contributed by atoms with E-state index in [4.69, 9.17) is 11.5 Å². The molecule has 1 heterocycles. The van der Waals surface area contributed by atoms with Gasteiger partial charge in [-0.1, -0.05) is 13.8 Å². The van der Waals surface area contributed by atoms with E-state index in [1.165, 1.54) is 6.33 Å². The molecule has 6 N–H and O–H groups in total.